The van der Waals surface area contributed by atoms with Crippen molar-refractivity contribution in [3.63, 3.8) is 0 Å². The van der Waals surface area contributed by atoms with Crippen molar-refractivity contribution in [2.24, 2.45) is 0 Å². The second kappa shape index (κ2) is 5.93. The molecule has 26 heavy (non-hydrogen) atoms. The molecular formula is C22H15BO3. The predicted molar refractivity (Wildman–Crippen MR) is 107 cm³/mol. The van der Waals surface area contributed by atoms with Crippen LogP contribution in [-0.4, -0.2) is 12.7 Å². The van der Waals surface area contributed by atoms with E-state index in [0.717, 1.165) is 43.8 Å². The fraction of sp³-hybridized carbons (Fsp3) is 0. The minimum Gasteiger partial charge on any atom is -0.539 e. The van der Waals surface area contributed by atoms with Crippen LogP contribution >= 0.6 is 0 Å². The van der Waals surface area contributed by atoms with Crippen LogP contribution < -0.4 is 4.65 Å². The summed E-state index contributed by atoms with van der Waals surface area (Å²) in [6.07, 6.45) is 0. The van der Waals surface area contributed by atoms with Crippen LogP contribution in [0.3, 0.4) is 0 Å². The zero-order valence-electron chi connectivity index (χ0n) is 14.0. The van der Waals surface area contributed by atoms with Gasteiger partial charge in [0.25, 0.3) is 0 Å². The van der Waals surface area contributed by atoms with Crippen LogP contribution in [0.4, 0.5) is 0 Å². The zero-order valence-corrected chi connectivity index (χ0v) is 14.0. The second-order valence-corrected chi connectivity index (χ2v) is 6.31. The zero-order chi connectivity index (χ0) is 17.5. The first-order chi connectivity index (χ1) is 12.8. The summed E-state index contributed by atoms with van der Waals surface area (Å²) in [7, 11) is -0.317. The molecule has 1 N–H and O–H groups in total. The minimum atomic E-state index is -0.317. The first kappa shape index (κ1) is 15.1. The molecule has 0 aliphatic carbocycles. The SMILES string of the molecule is OBOc1ccc2cc(-c3ccc4oc5ccccc5c4c3)ccc2c1. The van der Waals surface area contributed by atoms with Gasteiger partial charge in [0.05, 0.1) is 0 Å². The number of fused-ring (bicyclic) bond motifs is 4. The topological polar surface area (TPSA) is 42.6 Å². The molecule has 3 nitrogen and oxygen atoms in total. The van der Waals surface area contributed by atoms with Crippen molar-refractivity contribution in [1.82, 2.24) is 0 Å². The van der Waals surface area contributed by atoms with Gasteiger partial charge in [-0.2, -0.15) is 0 Å². The van der Waals surface area contributed by atoms with E-state index in [9.17, 15) is 0 Å². The Kier molecular flexibility index (Phi) is 3.44. The van der Waals surface area contributed by atoms with Gasteiger partial charge in [0.2, 0.25) is 0 Å². The molecule has 0 amide bonds. The lowest BCUT2D eigenvalue weighted by Gasteiger charge is -2.07. The first-order valence-electron chi connectivity index (χ1n) is 8.51. The third-order valence-corrected chi connectivity index (χ3v) is 4.75. The van der Waals surface area contributed by atoms with Crippen molar-refractivity contribution >= 4 is 40.4 Å². The molecule has 1 aromatic heterocycles. The molecule has 4 aromatic carbocycles. The molecule has 0 spiro atoms. The van der Waals surface area contributed by atoms with E-state index in [1.54, 1.807) is 0 Å². The van der Waals surface area contributed by atoms with Gasteiger partial charge in [-0.1, -0.05) is 42.5 Å². The van der Waals surface area contributed by atoms with Gasteiger partial charge < -0.3 is 14.1 Å². The molecule has 1 heterocycles. The Morgan fingerprint density at radius 3 is 2.35 bits per heavy atom. The Labute approximate surface area is 150 Å². The van der Waals surface area contributed by atoms with Crippen LogP contribution in [0.25, 0.3) is 43.8 Å². The normalized spacial score (nSPS) is 11.3. The molecule has 0 unspecified atom stereocenters. The van der Waals surface area contributed by atoms with E-state index in [2.05, 4.69) is 36.4 Å². The maximum absolute atomic E-state index is 8.90. The molecule has 0 aliphatic rings. The maximum atomic E-state index is 8.90. The Bertz CT molecular complexity index is 1260. The molecule has 5 rings (SSSR count). The number of para-hydroxylation sites is 1. The van der Waals surface area contributed by atoms with Crippen molar-refractivity contribution in [3.05, 3.63) is 78.9 Å². The smallest absolute Gasteiger partial charge is 0.504 e. The van der Waals surface area contributed by atoms with E-state index in [1.165, 1.54) is 0 Å². The number of furan rings is 1. The van der Waals surface area contributed by atoms with Gasteiger partial charge in [0.15, 0.2) is 0 Å². The average Bonchev–Trinajstić information content (AvgIpc) is 3.06. The fourth-order valence-corrected chi connectivity index (χ4v) is 3.47. The van der Waals surface area contributed by atoms with Crippen LogP contribution in [0.5, 0.6) is 5.75 Å². The molecule has 0 aliphatic heterocycles. The lowest BCUT2D eigenvalue weighted by atomic mass is 9.99. The second-order valence-electron chi connectivity index (χ2n) is 6.31. The van der Waals surface area contributed by atoms with E-state index in [-0.39, 0.29) is 7.69 Å². The summed E-state index contributed by atoms with van der Waals surface area (Å²) in [5.41, 5.74) is 4.12. The van der Waals surface area contributed by atoms with Crippen molar-refractivity contribution in [2.75, 3.05) is 0 Å². The summed E-state index contributed by atoms with van der Waals surface area (Å²) in [6, 6.07) is 26.6. The predicted octanol–water partition coefficient (Wildman–Crippen LogP) is 5.04. The highest BCUT2D eigenvalue weighted by atomic mass is 16.5. The van der Waals surface area contributed by atoms with E-state index >= 15 is 0 Å². The number of hydrogen-bond acceptors (Lipinski definition) is 3. The standard InChI is InChI=1S/C22H15BO3/c24-23-26-18-9-7-15-11-14(5-6-16(15)12-18)17-8-10-22-20(13-17)19-3-1-2-4-21(19)25-22/h1-13,23-24H. The van der Waals surface area contributed by atoms with Gasteiger partial charge in [0.1, 0.15) is 16.9 Å². The van der Waals surface area contributed by atoms with Crippen LogP contribution in [0, 0.1) is 0 Å². The Morgan fingerprint density at radius 1 is 0.692 bits per heavy atom. The molecule has 124 valence electrons. The highest BCUT2D eigenvalue weighted by Crippen LogP contribution is 2.33. The lowest BCUT2D eigenvalue weighted by molar-refractivity contribution is 0.454. The molecule has 0 saturated heterocycles. The van der Waals surface area contributed by atoms with Crippen LogP contribution in [0.15, 0.2) is 83.3 Å². The Hall–Kier alpha value is -3.24. The summed E-state index contributed by atoms with van der Waals surface area (Å²) >= 11 is 0. The summed E-state index contributed by atoms with van der Waals surface area (Å²) in [4.78, 5) is 0. The van der Waals surface area contributed by atoms with E-state index in [1.807, 2.05) is 42.5 Å². The highest BCUT2D eigenvalue weighted by Gasteiger charge is 2.08. The van der Waals surface area contributed by atoms with Crippen molar-refractivity contribution in [3.8, 4) is 16.9 Å². The summed E-state index contributed by atoms with van der Waals surface area (Å²) in [5.74, 6) is 0.666. The fourth-order valence-electron chi connectivity index (χ4n) is 3.47. The summed E-state index contributed by atoms with van der Waals surface area (Å²) in [6.45, 7) is 0. The summed E-state index contributed by atoms with van der Waals surface area (Å²) < 4.78 is 11.1. The first-order valence-corrected chi connectivity index (χ1v) is 8.51. The highest BCUT2D eigenvalue weighted by molar-refractivity contribution is 6.17. The van der Waals surface area contributed by atoms with Crippen LogP contribution in [0.1, 0.15) is 0 Å². The molecule has 5 aromatic rings. The van der Waals surface area contributed by atoms with Gasteiger partial charge >= 0.3 is 7.69 Å². The van der Waals surface area contributed by atoms with E-state index in [4.69, 9.17) is 14.1 Å². The molecule has 4 heteroatoms. The van der Waals surface area contributed by atoms with Gasteiger partial charge in [-0.05, 0) is 58.3 Å². The molecule has 0 saturated carbocycles. The van der Waals surface area contributed by atoms with Gasteiger partial charge in [-0.15, -0.1) is 0 Å². The Morgan fingerprint density at radius 2 is 1.42 bits per heavy atom. The van der Waals surface area contributed by atoms with Crippen molar-refractivity contribution in [1.29, 1.82) is 0 Å². The third-order valence-electron chi connectivity index (χ3n) is 4.75. The van der Waals surface area contributed by atoms with Gasteiger partial charge in [-0.3, -0.25) is 0 Å². The quantitative estimate of drug-likeness (QED) is 0.469. The average molecular weight is 338 g/mol. The van der Waals surface area contributed by atoms with Gasteiger partial charge in [0, 0.05) is 10.8 Å². The number of hydrogen-bond donors (Lipinski definition) is 1. The van der Waals surface area contributed by atoms with Crippen molar-refractivity contribution < 1.29 is 14.1 Å². The molecule has 0 radical (unpaired) electrons. The monoisotopic (exact) mass is 338 g/mol. The largest absolute Gasteiger partial charge is 0.539 e. The Balaban J connectivity index is 1.64. The van der Waals surface area contributed by atoms with Crippen molar-refractivity contribution in [2.45, 2.75) is 0 Å². The number of benzene rings is 4. The lowest BCUT2D eigenvalue weighted by Crippen LogP contribution is -1.99. The maximum Gasteiger partial charge on any atom is 0.504 e. The molecule has 0 bridgehead atoms. The molecule has 0 atom stereocenters. The number of rotatable bonds is 3. The van der Waals surface area contributed by atoms with Gasteiger partial charge in [-0.25, -0.2) is 0 Å². The minimum absolute atomic E-state index is 0.317. The van der Waals surface area contributed by atoms with Crippen LogP contribution in [-0.2, 0) is 0 Å². The van der Waals surface area contributed by atoms with Crippen LogP contribution in [0.2, 0.25) is 0 Å². The third kappa shape index (κ3) is 2.43. The van der Waals surface area contributed by atoms with E-state index in [0.29, 0.717) is 5.75 Å². The molecular weight excluding hydrogens is 323 g/mol. The van der Waals surface area contributed by atoms with E-state index < -0.39 is 0 Å². The summed E-state index contributed by atoms with van der Waals surface area (Å²) in [5, 5.41) is 13.4. The molecule has 0 fully saturated rings.